The minimum absolute atomic E-state index is 0. The summed E-state index contributed by atoms with van der Waals surface area (Å²) in [6.07, 6.45) is 0. The molecule has 0 fully saturated rings. The Morgan fingerprint density at radius 1 is 0.500 bits per heavy atom. The van der Waals surface area contributed by atoms with E-state index in [1.807, 2.05) is 0 Å². The van der Waals surface area contributed by atoms with Crippen LogP contribution in [0.25, 0.3) is 0 Å². The largest absolute Gasteiger partial charge is 3.00 e. The Morgan fingerprint density at radius 2 is 0.500 bits per heavy atom. The standard InChI is InChI=1S/3BH4.B/h3*1H4;/q3*-1;+3. The van der Waals surface area contributed by atoms with Gasteiger partial charge in [-0.3, -0.25) is 0 Å². The van der Waals surface area contributed by atoms with Crippen molar-refractivity contribution in [1.82, 2.24) is 0 Å². The predicted molar refractivity (Wildman–Crippen MR) is 39.8 cm³/mol. The average molecular weight is 55.3 g/mol. The molecule has 0 aromatic rings. The molecule has 0 N–H and O–H groups in total. The maximum atomic E-state index is 0. The molecular formula is H12B4. The number of hydrogen-bond acceptors (Lipinski definition) is 0. The van der Waals surface area contributed by atoms with Crippen molar-refractivity contribution in [3.05, 3.63) is 0 Å². The molecule has 0 unspecified atom stereocenters. The van der Waals surface area contributed by atoms with Crippen LogP contribution in [0.5, 0.6) is 0 Å². The summed E-state index contributed by atoms with van der Waals surface area (Å²) in [5.74, 6) is 0. The first-order valence-corrected chi connectivity index (χ1v) is 0. The Balaban J connectivity index is 0. The van der Waals surface area contributed by atoms with Gasteiger partial charge in [-0.25, -0.2) is 0 Å². The fraction of sp³-hybridized carbons (Fsp3) is 0. The second-order valence-corrected chi connectivity index (χ2v) is 0. The molecule has 0 radical (unpaired) electrons. The smallest absolute Gasteiger partial charge is 0.0626 e. The van der Waals surface area contributed by atoms with Gasteiger partial charge in [-0.15, -0.1) is 0 Å². The van der Waals surface area contributed by atoms with E-state index in [1.165, 1.54) is 0 Å². The molecule has 0 saturated carbocycles. The molecule has 0 saturated heterocycles. The fourth-order valence-electron chi connectivity index (χ4n) is 0. The average Bonchev–Trinajstić information content (AvgIpc) is 0. The van der Waals surface area contributed by atoms with Crippen LogP contribution in [0.4, 0.5) is 0 Å². The van der Waals surface area contributed by atoms with E-state index in [0.29, 0.717) is 0 Å². The summed E-state index contributed by atoms with van der Waals surface area (Å²) in [4.78, 5) is 0. The second-order valence-electron chi connectivity index (χ2n) is 0. The molecule has 0 nitrogen and oxygen atoms in total. The molecule has 0 amide bonds. The Labute approximate surface area is 34.7 Å². The Morgan fingerprint density at radius 3 is 0.500 bits per heavy atom. The summed E-state index contributed by atoms with van der Waals surface area (Å²) in [6.45, 7) is 0. The number of rotatable bonds is 0. The molecule has 0 aliphatic rings. The molecule has 0 aromatic heterocycles. The van der Waals surface area contributed by atoms with Gasteiger partial charge in [0.2, 0.25) is 0 Å². The quantitative estimate of drug-likeness (QED) is 0.244. The molecule has 0 rings (SSSR count). The van der Waals surface area contributed by atoms with Gasteiger partial charge in [-0.05, 0) is 0 Å². The fourth-order valence-corrected chi connectivity index (χ4v) is 0. The molecule has 0 aliphatic heterocycles. The van der Waals surface area contributed by atoms with Gasteiger partial charge in [-0.1, -0.05) is 25.2 Å². The van der Waals surface area contributed by atoms with E-state index in [2.05, 4.69) is 0 Å². The van der Waals surface area contributed by atoms with E-state index >= 15 is 0 Å². The van der Waals surface area contributed by atoms with Gasteiger partial charge in [0.25, 0.3) is 0 Å². The molecule has 0 atom stereocenters. The number of hydrogen-bond donors (Lipinski definition) is 0. The van der Waals surface area contributed by atoms with Crippen LogP contribution in [0.1, 0.15) is 0 Å². The summed E-state index contributed by atoms with van der Waals surface area (Å²) >= 11 is 0. The zero-order valence-corrected chi connectivity index (χ0v) is 0.577. The van der Waals surface area contributed by atoms with Gasteiger partial charge < -0.3 is 0 Å². The van der Waals surface area contributed by atoms with Crippen LogP contribution in [0.3, 0.4) is 0 Å². The topological polar surface area (TPSA) is 0 Å². The Kier molecular flexibility index (Phi) is 41400. The van der Waals surface area contributed by atoms with Crippen molar-refractivity contribution in [3.63, 3.8) is 0 Å². The van der Waals surface area contributed by atoms with Crippen LogP contribution < -0.4 is 0 Å². The summed E-state index contributed by atoms with van der Waals surface area (Å²) in [7, 11) is 0. The van der Waals surface area contributed by atoms with Gasteiger partial charge in [0.15, 0.2) is 0 Å². The van der Waals surface area contributed by atoms with Gasteiger partial charge in [0.05, 0.1) is 0 Å². The van der Waals surface area contributed by atoms with Gasteiger partial charge >= 0.3 is 8.41 Å². The minimum Gasteiger partial charge on any atom is -0.0626 e. The van der Waals surface area contributed by atoms with Crippen LogP contribution in [0.15, 0.2) is 0 Å². The first kappa shape index (κ1) is 671. The molecule has 0 bridgehead atoms. The molecule has 0 aliphatic carbocycles. The maximum absolute atomic E-state index is 0. The zero-order chi connectivity index (χ0) is 0. The molecular weight excluding hydrogens is 43.2 g/mol. The van der Waals surface area contributed by atoms with Crippen molar-refractivity contribution in [2.75, 3.05) is 0 Å². The second kappa shape index (κ2) is 247. The van der Waals surface area contributed by atoms with E-state index in [-0.39, 0.29) is 33.7 Å². The van der Waals surface area contributed by atoms with Crippen LogP contribution in [-0.4, -0.2) is 33.7 Å². The van der Waals surface area contributed by atoms with Crippen LogP contribution in [0, 0.1) is 0 Å². The van der Waals surface area contributed by atoms with Gasteiger partial charge in [-0.2, -0.15) is 0 Å². The monoisotopic (exact) mass is 56.1 g/mol. The summed E-state index contributed by atoms with van der Waals surface area (Å²) in [5.41, 5.74) is 0. The maximum Gasteiger partial charge on any atom is 3.00 e. The third-order valence-electron chi connectivity index (χ3n) is 0. The van der Waals surface area contributed by atoms with E-state index in [4.69, 9.17) is 0 Å². The molecule has 24 valence electrons. The van der Waals surface area contributed by atoms with E-state index < -0.39 is 0 Å². The van der Waals surface area contributed by atoms with Crippen LogP contribution in [-0.2, 0) is 0 Å². The third-order valence-corrected chi connectivity index (χ3v) is 0. The van der Waals surface area contributed by atoms with Crippen molar-refractivity contribution >= 4 is 33.7 Å². The van der Waals surface area contributed by atoms with Crippen molar-refractivity contribution in [3.8, 4) is 0 Å². The van der Waals surface area contributed by atoms with Crippen molar-refractivity contribution in [2.45, 2.75) is 0 Å². The van der Waals surface area contributed by atoms with Crippen LogP contribution in [0.2, 0.25) is 0 Å². The Hall–Kier alpha value is 0.260. The van der Waals surface area contributed by atoms with Crippen molar-refractivity contribution in [1.29, 1.82) is 0 Å². The summed E-state index contributed by atoms with van der Waals surface area (Å²) in [6, 6.07) is 0. The molecule has 4 heavy (non-hydrogen) atoms. The van der Waals surface area contributed by atoms with E-state index in [1.54, 1.807) is 0 Å². The van der Waals surface area contributed by atoms with Gasteiger partial charge in [0, 0.05) is 0 Å². The first-order chi connectivity index (χ1) is 0. The Bertz CT molecular complexity index is 0. The van der Waals surface area contributed by atoms with E-state index in [0.717, 1.165) is 0 Å². The summed E-state index contributed by atoms with van der Waals surface area (Å²) < 4.78 is 0. The predicted octanol–water partition coefficient (Wildman–Crippen LogP) is -4.74. The first-order valence-electron chi connectivity index (χ1n) is 0. The van der Waals surface area contributed by atoms with Crippen LogP contribution >= 0.6 is 0 Å². The molecule has 4 heteroatoms. The van der Waals surface area contributed by atoms with Crippen molar-refractivity contribution in [2.24, 2.45) is 0 Å². The SMILES string of the molecule is [B+3].[BH4-].[BH4-].[BH4-]. The van der Waals surface area contributed by atoms with Gasteiger partial charge in [0.1, 0.15) is 0 Å². The molecule has 0 spiro atoms. The normalized spacial score (nSPS) is 0. The van der Waals surface area contributed by atoms with Crippen molar-refractivity contribution < 1.29 is 0 Å². The molecule has 0 aromatic carbocycles. The van der Waals surface area contributed by atoms with E-state index in [9.17, 15) is 0 Å². The summed E-state index contributed by atoms with van der Waals surface area (Å²) in [5, 5.41) is 0. The minimum atomic E-state index is 0. The third kappa shape index (κ3) is 53.2. The molecule has 0 heterocycles. The zero-order valence-electron chi connectivity index (χ0n) is 0.577.